The lowest BCUT2D eigenvalue weighted by molar-refractivity contribution is -0.384. The van der Waals surface area contributed by atoms with E-state index in [0.29, 0.717) is 16.8 Å². The summed E-state index contributed by atoms with van der Waals surface area (Å²) in [5.74, 6) is 0.531. The summed E-state index contributed by atoms with van der Waals surface area (Å²) in [4.78, 5) is 10.7. The highest BCUT2D eigenvalue weighted by molar-refractivity contribution is 9.10. The van der Waals surface area contributed by atoms with Gasteiger partial charge in [-0.2, -0.15) is 10.5 Å². The Kier molecular flexibility index (Phi) is 5.80. The molecule has 1 aromatic carbocycles. The molecule has 1 heterocycles. The van der Waals surface area contributed by atoms with E-state index in [1.54, 1.807) is 0 Å². The van der Waals surface area contributed by atoms with E-state index in [9.17, 15) is 10.1 Å². The minimum Gasteiger partial charge on any atom is -0.492 e. The van der Waals surface area contributed by atoms with Crippen molar-refractivity contribution in [3.63, 3.8) is 0 Å². The Morgan fingerprint density at radius 2 is 2.42 bits per heavy atom. The number of aromatic amines is 1. The van der Waals surface area contributed by atoms with Gasteiger partial charge in [-0.05, 0) is 27.6 Å². The number of H-pyrrole nitrogens is 1. The highest BCUT2D eigenvalue weighted by Crippen LogP contribution is 2.36. The molecule has 0 saturated heterocycles. The summed E-state index contributed by atoms with van der Waals surface area (Å²) < 4.78 is 6.00. The van der Waals surface area contributed by atoms with Crippen molar-refractivity contribution in [3.05, 3.63) is 38.7 Å². The van der Waals surface area contributed by atoms with Crippen molar-refractivity contribution in [3.8, 4) is 11.8 Å². The van der Waals surface area contributed by atoms with E-state index in [0.717, 1.165) is 6.42 Å². The number of ether oxygens (including phenoxy) is 1. The second-order valence-corrected chi connectivity index (χ2v) is 5.31. The van der Waals surface area contributed by atoms with Crippen LogP contribution in [0, 0.1) is 21.4 Å². The van der Waals surface area contributed by atoms with Crippen LogP contribution in [0.2, 0.25) is 0 Å². The van der Waals surface area contributed by atoms with Gasteiger partial charge in [0.2, 0.25) is 5.82 Å². The van der Waals surface area contributed by atoms with Gasteiger partial charge in [0, 0.05) is 18.3 Å². The normalized spacial score (nSPS) is 11.0. The van der Waals surface area contributed by atoms with Gasteiger partial charge < -0.3 is 10.1 Å². The molecule has 0 fully saturated rings. The second kappa shape index (κ2) is 8.02. The molecule has 10 nitrogen and oxygen atoms in total. The first kappa shape index (κ1) is 17.4. The van der Waals surface area contributed by atoms with Gasteiger partial charge in [-0.1, -0.05) is 6.92 Å². The van der Waals surface area contributed by atoms with Gasteiger partial charge in [-0.15, -0.1) is 10.2 Å². The summed E-state index contributed by atoms with van der Waals surface area (Å²) in [6.45, 7) is 2.42. The van der Waals surface area contributed by atoms with Crippen LogP contribution >= 0.6 is 15.9 Å². The maximum Gasteiger partial charge on any atom is 0.294 e. The number of halogens is 1. The van der Waals surface area contributed by atoms with Crippen LogP contribution in [0.1, 0.15) is 19.2 Å². The van der Waals surface area contributed by atoms with Gasteiger partial charge in [0.25, 0.3) is 5.69 Å². The van der Waals surface area contributed by atoms with E-state index in [-0.39, 0.29) is 22.8 Å². The van der Waals surface area contributed by atoms with Gasteiger partial charge in [-0.25, -0.2) is 0 Å². The quantitative estimate of drug-likeness (QED) is 0.415. The molecule has 0 aliphatic carbocycles. The molecule has 0 unspecified atom stereocenters. The number of hydrogen-bond acceptors (Lipinski definition) is 8. The van der Waals surface area contributed by atoms with E-state index >= 15 is 0 Å². The summed E-state index contributed by atoms with van der Waals surface area (Å²) in [5.41, 5.74) is 0.0647. The Labute approximate surface area is 144 Å². The molecule has 1 aromatic heterocycles. The molecular weight excluding hydrogens is 382 g/mol. The van der Waals surface area contributed by atoms with Gasteiger partial charge in [0.15, 0.2) is 0 Å². The number of nitro groups is 1. The summed E-state index contributed by atoms with van der Waals surface area (Å²) in [7, 11) is 0. The Hall–Kier alpha value is -3.00. The number of allylic oxidation sites excluding steroid dienone is 1. The topological polar surface area (TPSA) is 143 Å². The average molecular weight is 394 g/mol. The number of aromatic nitrogens is 4. The van der Waals surface area contributed by atoms with Gasteiger partial charge in [0.05, 0.1) is 16.0 Å². The number of nitro benzene ring substituents is 1. The van der Waals surface area contributed by atoms with Crippen molar-refractivity contribution in [2.24, 2.45) is 0 Å². The maximum absolute atomic E-state index is 11.2. The third-order valence-electron chi connectivity index (χ3n) is 2.79. The third-order valence-corrected chi connectivity index (χ3v) is 3.41. The Morgan fingerprint density at radius 1 is 1.62 bits per heavy atom. The summed E-state index contributed by atoms with van der Waals surface area (Å²) in [6.07, 6.45) is 2.06. The fourth-order valence-corrected chi connectivity index (χ4v) is 2.15. The average Bonchev–Trinajstić information content (AvgIpc) is 3.09. The summed E-state index contributed by atoms with van der Waals surface area (Å²) in [6, 6.07) is 4.71. The molecule has 0 spiro atoms. The van der Waals surface area contributed by atoms with Crippen LogP contribution in [0.5, 0.6) is 5.75 Å². The molecule has 2 rings (SSSR count). The number of benzene rings is 1. The Balaban J connectivity index is 2.36. The maximum atomic E-state index is 11.2. The molecule has 0 bridgehead atoms. The molecule has 0 atom stereocenters. The number of nitrogens with zero attached hydrogens (tertiary/aromatic N) is 5. The first-order valence-electron chi connectivity index (χ1n) is 6.78. The number of tetrazole rings is 1. The third kappa shape index (κ3) is 4.05. The van der Waals surface area contributed by atoms with Crippen molar-refractivity contribution in [1.29, 1.82) is 5.26 Å². The van der Waals surface area contributed by atoms with Crippen molar-refractivity contribution in [1.82, 2.24) is 20.6 Å². The lowest BCUT2D eigenvalue weighted by atomic mass is 10.2. The minimum atomic E-state index is -0.537. The predicted molar refractivity (Wildman–Crippen MR) is 88.0 cm³/mol. The van der Waals surface area contributed by atoms with Crippen LogP contribution in [-0.2, 0) is 0 Å². The van der Waals surface area contributed by atoms with Crippen molar-refractivity contribution < 1.29 is 9.66 Å². The van der Waals surface area contributed by atoms with E-state index in [4.69, 9.17) is 10.00 Å². The largest absolute Gasteiger partial charge is 0.492 e. The standard InChI is InChI=1S/C13H12BrN7O3/c1-2-3-24-12-5-10(11(21(22)23)4-9(12)14)16-7-8(6-15)13-17-19-20-18-13/h4-5,7,16H,2-3H2,1H3,(H,17,18,19,20). The number of hydrogen-bond donors (Lipinski definition) is 2. The SMILES string of the molecule is CCCOc1cc(NC=C(C#N)c2nn[nH]n2)c([N+](=O)[O-])cc1Br. The molecule has 124 valence electrons. The van der Waals surface area contributed by atoms with Crippen molar-refractivity contribution >= 4 is 32.9 Å². The zero-order valence-electron chi connectivity index (χ0n) is 12.5. The lowest BCUT2D eigenvalue weighted by Crippen LogP contribution is -2.01. The van der Waals surface area contributed by atoms with Crippen molar-refractivity contribution in [2.45, 2.75) is 13.3 Å². The molecule has 0 aliphatic heterocycles. The fraction of sp³-hybridized carbons (Fsp3) is 0.231. The van der Waals surface area contributed by atoms with Crippen LogP contribution in [0.3, 0.4) is 0 Å². The fourth-order valence-electron chi connectivity index (χ4n) is 1.70. The number of rotatable bonds is 7. The van der Waals surface area contributed by atoms with Gasteiger partial charge in [0.1, 0.15) is 23.1 Å². The highest BCUT2D eigenvalue weighted by Gasteiger charge is 2.18. The predicted octanol–water partition coefficient (Wildman–Crippen LogP) is 2.64. The van der Waals surface area contributed by atoms with Gasteiger partial charge in [-0.3, -0.25) is 10.1 Å². The highest BCUT2D eigenvalue weighted by atomic mass is 79.9. The molecule has 0 aliphatic rings. The number of nitriles is 1. The van der Waals surface area contributed by atoms with Crippen LogP contribution < -0.4 is 10.1 Å². The van der Waals surface area contributed by atoms with E-state index in [2.05, 4.69) is 41.9 Å². The molecule has 0 radical (unpaired) electrons. The summed E-state index contributed by atoms with van der Waals surface area (Å²) in [5, 5.41) is 36.0. The monoisotopic (exact) mass is 393 g/mol. The van der Waals surface area contributed by atoms with Crippen LogP contribution in [0.15, 0.2) is 22.8 Å². The molecule has 0 amide bonds. The molecule has 0 saturated carbocycles. The molecule has 2 aromatic rings. The van der Waals surface area contributed by atoms with Gasteiger partial charge >= 0.3 is 0 Å². The van der Waals surface area contributed by atoms with E-state index in [1.807, 2.05) is 13.0 Å². The van der Waals surface area contributed by atoms with Crippen LogP contribution in [0.4, 0.5) is 11.4 Å². The smallest absolute Gasteiger partial charge is 0.294 e. The number of nitrogens with one attached hydrogen (secondary N) is 2. The molecule has 11 heteroatoms. The Morgan fingerprint density at radius 3 is 3.00 bits per heavy atom. The van der Waals surface area contributed by atoms with Crippen molar-refractivity contribution in [2.75, 3.05) is 11.9 Å². The Bertz CT molecular complexity index is 799. The van der Waals surface area contributed by atoms with Crippen LogP contribution in [-0.4, -0.2) is 32.2 Å². The zero-order chi connectivity index (χ0) is 17.5. The first-order chi connectivity index (χ1) is 11.6. The molecular formula is C13H12BrN7O3. The summed E-state index contributed by atoms with van der Waals surface area (Å²) >= 11 is 3.25. The van der Waals surface area contributed by atoms with E-state index < -0.39 is 4.92 Å². The molecule has 24 heavy (non-hydrogen) atoms. The first-order valence-corrected chi connectivity index (χ1v) is 7.57. The van der Waals surface area contributed by atoms with E-state index in [1.165, 1.54) is 18.3 Å². The number of anilines is 1. The molecule has 2 N–H and O–H groups in total. The lowest BCUT2D eigenvalue weighted by Gasteiger charge is -2.10. The van der Waals surface area contributed by atoms with Crippen LogP contribution in [0.25, 0.3) is 5.57 Å². The zero-order valence-corrected chi connectivity index (χ0v) is 14.1. The second-order valence-electron chi connectivity index (χ2n) is 4.45. The minimum absolute atomic E-state index is 0.0667.